The molecule has 1 saturated carbocycles. The van der Waals surface area contributed by atoms with Crippen molar-refractivity contribution in [3.8, 4) is 11.5 Å². The summed E-state index contributed by atoms with van der Waals surface area (Å²) in [6.07, 6.45) is 1.70. The van der Waals surface area contributed by atoms with Crippen LogP contribution >= 0.6 is 0 Å². The molecule has 6 heteroatoms. The molecule has 1 aromatic rings. The van der Waals surface area contributed by atoms with E-state index in [9.17, 15) is 14.7 Å². The average molecular weight is 293 g/mol. The van der Waals surface area contributed by atoms with Crippen LogP contribution in [0.25, 0.3) is 0 Å². The number of carboxylic acid groups (broad SMARTS) is 1. The van der Waals surface area contributed by atoms with Crippen molar-refractivity contribution in [3.63, 3.8) is 0 Å². The number of rotatable bonds is 5. The van der Waals surface area contributed by atoms with E-state index in [2.05, 4.69) is 5.32 Å². The lowest BCUT2D eigenvalue weighted by molar-refractivity contribution is -0.148. The molecule has 0 aromatic heterocycles. The van der Waals surface area contributed by atoms with Crippen molar-refractivity contribution in [1.29, 1.82) is 0 Å². The topological polar surface area (TPSA) is 84.9 Å². The van der Waals surface area contributed by atoms with Crippen molar-refractivity contribution in [2.24, 2.45) is 0 Å². The first-order chi connectivity index (χ1) is 9.93. The molecule has 0 aliphatic heterocycles. The van der Waals surface area contributed by atoms with Crippen molar-refractivity contribution < 1.29 is 24.2 Å². The quantitative estimate of drug-likeness (QED) is 0.864. The Bertz CT molecular complexity index is 552. The highest BCUT2D eigenvalue weighted by Gasteiger charge is 2.45. The van der Waals surface area contributed by atoms with E-state index in [0.29, 0.717) is 29.9 Å². The number of methoxy groups -OCH3 is 2. The van der Waals surface area contributed by atoms with Crippen LogP contribution in [0.15, 0.2) is 12.1 Å². The fourth-order valence-electron chi connectivity index (χ4n) is 2.43. The lowest BCUT2D eigenvalue weighted by Gasteiger charge is -2.38. The predicted octanol–water partition coefficient (Wildman–Crippen LogP) is 1.75. The van der Waals surface area contributed by atoms with Crippen molar-refractivity contribution in [2.75, 3.05) is 14.2 Å². The van der Waals surface area contributed by atoms with Gasteiger partial charge >= 0.3 is 5.97 Å². The van der Waals surface area contributed by atoms with Gasteiger partial charge in [-0.3, -0.25) is 4.79 Å². The minimum atomic E-state index is -1.14. The summed E-state index contributed by atoms with van der Waals surface area (Å²) in [6, 6.07) is 3.17. The second-order valence-electron chi connectivity index (χ2n) is 5.20. The Kier molecular flexibility index (Phi) is 4.06. The standard InChI is InChI=1S/C15H19NO5/c1-9-11(20-2)7-10(8-12(9)21-3)13(17)16-15(14(18)19)5-4-6-15/h7-8H,4-6H2,1-3H3,(H,16,17)(H,18,19). The summed E-state index contributed by atoms with van der Waals surface area (Å²) in [5.74, 6) is -0.378. The number of benzene rings is 1. The number of ether oxygens (including phenoxy) is 2. The van der Waals surface area contributed by atoms with Gasteiger partial charge in [0.2, 0.25) is 0 Å². The fourth-order valence-corrected chi connectivity index (χ4v) is 2.43. The van der Waals surface area contributed by atoms with E-state index in [1.165, 1.54) is 14.2 Å². The molecule has 2 rings (SSSR count). The summed E-state index contributed by atoms with van der Waals surface area (Å²) < 4.78 is 10.4. The third kappa shape index (κ3) is 2.66. The third-order valence-electron chi connectivity index (χ3n) is 3.98. The van der Waals surface area contributed by atoms with Crippen molar-refractivity contribution in [1.82, 2.24) is 5.32 Å². The number of amides is 1. The minimum absolute atomic E-state index is 0.321. The Morgan fingerprint density at radius 3 is 2.05 bits per heavy atom. The van der Waals surface area contributed by atoms with E-state index >= 15 is 0 Å². The summed E-state index contributed by atoms with van der Waals surface area (Å²) in [7, 11) is 3.02. The molecular formula is C15H19NO5. The van der Waals surface area contributed by atoms with Crippen LogP contribution < -0.4 is 14.8 Å². The third-order valence-corrected chi connectivity index (χ3v) is 3.98. The molecule has 0 atom stereocenters. The smallest absolute Gasteiger partial charge is 0.329 e. The number of aliphatic carboxylic acids is 1. The molecular weight excluding hydrogens is 274 g/mol. The van der Waals surface area contributed by atoms with E-state index in [1.54, 1.807) is 12.1 Å². The Balaban J connectivity index is 2.29. The van der Waals surface area contributed by atoms with Gasteiger partial charge in [0.05, 0.1) is 14.2 Å². The maximum Gasteiger partial charge on any atom is 0.329 e. The van der Waals surface area contributed by atoms with E-state index in [1.807, 2.05) is 6.92 Å². The summed E-state index contributed by atoms with van der Waals surface area (Å²) in [6.45, 7) is 1.82. The maximum atomic E-state index is 12.3. The largest absolute Gasteiger partial charge is 0.496 e. The second-order valence-corrected chi connectivity index (χ2v) is 5.20. The molecule has 0 saturated heterocycles. The van der Waals surface area contributed by atoms with Crippen molar-refractivity contribution in [2.45, 2.75) is 31.7 Å². The molecule has 1 aliphatic rings. The molecule has 1 aromatic carbocycles. The zero-order chi connectivity index (χ0) is 15.6. The van der Waals surface area contributed by atoms with E-state index in [-0.39, 0.29) is 0 Å². The van der Waals surface area contributed by atoms with Gasteiger partial charge in [0.25, 0.3) is 5.91 Å². The SMILES string of the molecule is COc1cc(C(=O)NC2(C(=O)O)CCC2)cc(OC)c1C. The first-order valence-corrected chi connectivity index (χ1v) is 6.72. The van der Waals surface area contributed by atoms with E-state index < -0.39 is 17.4 Å². The molecule has 0 unspecified atom stereocenters. The van der Waals surface area contributed by atoms with Gasteiger partial charge in [-0.2, -0.15) is 0 Å². The normalized spacial score (nSPS) is 15.8. The molecule has 0 bridgehead atoms. The molecule has 0 spiro atoms. The van der Waals surface area contributed by atoms with Gasteiger partial charge in [-0.25, -0.2) is 4.79 Å². The molecule has 1 fully saturated rings. The molecule has 0 heterocycles. The Morgan fingerprint density at radius 1 is 1.19 bits per heavy atom. The number of carbonyl (C=O) groups excluding carboxylic acids is 1. The molecule has 114 valence electrons. The molecule has 6 nitrogen and oxygen atoms in total. The molecule has 21 heavy (non-hydrogen) atoms. The van der Waals surface area contributed by atoms with Crippen LogP contribution in [0, 0.1) is 6.92 Å². The minimum Gasteiger partial charge on any atom is -0.496 e. The molecule has 2 N–H and O–H groups in total. The average Bonchev–Trinajstić information content (AvgIpc) is 2.42. The number of nitrogens with one attached hydrogen (secondary N) is 1. The van der Waals surface area contributed by atoms with Crippen LogP contribution in [0.1, 0.15) is 35.2 Å². The number of carbonyl (C=O) groups is 2. The number of hydrogen-bond acceptors (Lipinski definition) is 4. The summed E-state index contributed by atoms with van der Waals surface area (Å²) in [5.41, 5.74) is -0.0300. The first kappa shape index (κ1) is 15.2. The summed E-state index contributed by atoms with van der Waals surface area (Å²) in [4.78, 5) is 23.6. The van der Waals surface area contributed by atoms with Crippen molar-refractivity contribution in [3.05, 3.63) is 23.3 Å². The highest BCUT2D eigenvalue weighted by atomic mass is 16.5. The van der Waals surface area contributed by atoms with Crippen LogP contribution in [-0.2, 0) is 4.79 Å². The van der Waals surface area contributed by atoms with Gasteiger partial charge in [-0.05, 0) is 38.3 Å². The molecule has 1 amide bonds. The van der Waals surface area contributed by atoms with Gasteiger partial charge in [-0.1, -0.05) is 0 Å². The van der Waals surface area contributed by atoms with Gasteiger partial charge in [0.1, 0.15) is 17.0 Å². The summed E-state index contributed by atoms with van der Waals surface area (Å²) >= 11 is 0. The van der Waals surface area contributed by atoms with Gasteiger partial charge in [0.15, 0.2) is 0 Å². The summed E-state index contributed by atoms with van der Waals surface area (Å²) in [5, 5.41) is 11.9. The van der Waals surface area contributed by atoms with Crippen molar-refractivity contribution >= 4 is 11.9 Å². The number of hydrogen-bond donors (Lipinski definition) is 2. The lowest BCUT2D eigenvalue weighted by Crippen LogP contribution is -2.59. The lowest BCUT2D eigenvalue weighted by atomic mass is 9.76. The zero-order valence-electron chi connectivity index (χ0n) is 12.4. The van der Waals surface area contributed by atoms with Crippen LogP contribution in [0.5, 0.6) is 11.5 Å². The highest BCUT2D eigenvalue weighted by Crippen LogP contribution is 2.34. The van der Waals surface area contributed by atoms with E-state index in [0.717, 1.165) is 12.0 Å². The van der Waals surface area contributed by atoms with Gasteiger partial charge in [0, 0.05) is 11.1 Å². The van der Waals surface area contributed by atoms with E-state index in [4.69, 9.17) is 9.47 Å². The van der Waals surface area contributed by atoms with Crippen LogP contribution in [0.4, 0.5) is 0 Å². The molecule has 0 radical (unpaired) electrons. The van der Waals surface area contributed by atoms with Crippen LogP contribution in [0.3, 0.4) is 0 Å². The van der Waals surface area contributed by atoms with Gasteiger partial charge < -0.3 is 19.9 Å². The van der Waals surface area contributed by atoms with Crippen LogP contribution in [-0.4, -0.2) is 36.7 Å². The Morgan fingerprint density at radius 2 is 1.71 bits per heavy atom. The maximum absolute atomic E-state index is 12.3. The van der Waals surface area contributed by atoms with Crippen LogP contribution in [0.2, 0.25) is 0 Å². The monoisotopic (exact) mass is 293 g/mol. The fraction of sp³-hybridized carbons (Fsp3) is 0.467. The molecule has 1 aliphatic carbocycles. The first-order valence-electron chi connectivity index (χ1n) is 6.72. The zero-order valence-corrected chi connectivity index (χ0v) is 12.4. The highest BCUT2D eigenvalue weighted by molar-refractivity contribution is 5.99. The Hall–Kier alpha value is -2.24. The number of carboxylic acids is 1. The van der Waals surface area contributed by atoms with Gasteiger partial charge in [-0.15, -0.1) is 0 Å². The second kappa shape index (κ2) is 5.63. The Labute approximate surface area is 123 Å². The predicted molar refractivity (Wildman–Crippen MR) is 76.0 cm³/mol.